The lowest BCUT2D eigenvalue weighted by Gasteiger charge is -2.31. The van der Waals surface area contributed by atoms with Gasteiger partial charge in [0.1, 0.15) is 0 Å². The number of hydrogen-bond donors (Lipinski definition) is 2. The van der Waals surface area contributed by atoms with Crippen molar-refractivity contribution in [3.8, 4) is 0 Å². The van der Waals surface area contributed by atoms with Crippen LogP contribution in [0.1, 0.15) is 81.3 Å². The number of nitrogens with two attached hydrogens (primary N) is 1. The Morgan fingerprint density at radius 2 is 1.90 bits per heavy atom. The van der Waals surface area contributed by atoms with E-state index in [9.17, 15) is 10.1 Å². The van der Waals surface area contributed by atoms with Crippen LogP contribution < -0.4 is 11.1 Å². The summed E-state index contributed by atoms with van der Waals surface area (Å²) >= 11 is 0. The number of nitrogens with zero attached hydrogens (tertiary/aromatic N) is 5. The van der Waals surface area contributed by atoms with Crippen LogP contribution in [0.2, 0.25) is 0 Å². The number of non-ortho nitro benzene ring substituents is 1. The second-order valence-corrected chi connectivity index (χ2v) is 8.34. The first-order valence-electron chi connectivity index (χ1n) is 10.7. The van der Waals surface area contributed by atoms with Gasteiger partial charge >= 0.3 is 0 Å². The molecule has 2 aliphatic rings. The molecule has 9 heteroatoms. The first-order valence-corrected chi connectivity index (χ1v) is 10.7. The van der Waals surface area contributed by atoms with Crippen LogP contribution in [0.25, 0.3) is 0 Å². The number of rotatable bonds is 6. The third-order valence-electron chi connectivity index (χ3n) is 6.29. The monoisotopic (exact) mass is 399 g/mol. The molecule has 2 saturated carbocycles. The average Bonchev–Trinajstić information content (AvgIpc) is 3.23. The highest BCUT2D eigenvalue weighted by molar-refractivity contribution is 5.38. The van der Waals surface area contributed by atoms with Crippen molar-refractivity contribution in [2.75, 3.05) is 0 Å². The van der Waals surface area contributed by atoms with Gasteiger partial charge in [0.2, 0.25) is 0 Å². The van der Waals surface area contributed by atoms with Crippen molar-refractivity contribution in [1.29, 1.82) is 0 Å². The van der Waals surface area contributed by atoms with Gasteiger partial charge in [-0.15, -0.1) is 5.10 Å². The second-order valence-electron chi connectivity index (χ2n) is 8.34. The Bertz CT molecular complexity index is 826. The fourth-order valence-electron chi connectivity index (χ4n) is 4.64. The molecule has 1 unspecified atom stereocenters. The molecule has 2 aromatic rings. The summed E-state index contributed by atoms with van der Waals surface area (Å²) < 4.78 is 1.95. The number of nitro benzene ring substituents is 1. The van der Waals surface area contributed by atoms with Gasteiger partial charge in [-0.3, -0.25) is 10.1 Å². The third kappa shape index (κ3) is 4.62. The third-order valence-corrected chi connectivity index (χ3v) is 6.29. The molecule has 29 heavy (non-hydrogen) atoms. The van der Waals surface area contributed by atoms with E-state index >= 15 is 0 Å². The molecular formula is C20H29N7O2. The molecule has 1 atom stereocenters. The normalized spacial score (nSPS) is 24.3. The fraction of sp³-hybridized carbons (Fsp3) is 0.650. The van der Waals surface area contributed by atoms with Crippen molar-refractivity contribution in [1.82, 2.24) is 25.5 Å². The summed E-state index contributed by atoms with van der Waals surface area (Å²) in [6.45, 7) is 0. The SMILES string of the molecule is NC1CCC(NC(c2cccc([N+](=O)[O-])c2)c2nnnn2C2CCCCC2)CC1. The molecule has 1 heterocycles. The number of nitrogens with one attached hydrogen (secondary N) is 1. The van der Waals surface area contributed by atoms with Crippen LogP contribution in [-0.4, -0.2) is 37.2 Å². The zero-order valence-electron chi connectivity index (χ0n) is 16.6. The fourth-order valence-corrected chi connectivity index (χ4v) is 4.64. The Morgan fingerprint density at radius 1 is 1.14 bits per heavy atom. The van der Waals surface area contributed by atoms with E-state index < -0.39 is 0 Å². The Balaban J connectivity index is 1.66. The van der Waals surface area contributed by atoms with E-state index in [-0.39, 0.29) is 34.8 Å². The van der Waals surface area contributed by atoms with Gasteiger partial charge in [-0.2, -0.15) is 0 Å². The van der Waals surface area contributed by atoms with E-state index in [4.69, 9.17) is 5.73 Å². The minimum atomic E-state index is -0.357. The standard InChI is InChI=1S/C20H29N7O2/c21-15-9-11-16(12-10-15)22-19(14-5-4-8-18(13-14)27(28)29)20-23-24-25-26(20)17-6-2-1-3-7-17/h4-5,8,13,15-17,19,22H,1-3,6-7,9-12,21H2. The van der Waals surface area contributed by atoms with Crippen LogP contribution >= 0.6 is 0 Å². The zero-order chi connectivity index (χ0) is 20.2. The molecule has 3 N–H and O–H groups in total. The van der Waals surface area contributed by atoms with Crippen molar-refractivity contribution in [2.45, 2.75) is 82.0 Å². The van der Waals surface area contributed by atoms with Gasteiger partial charge in [-0.05, 0) is 54.5 Å². The Kier molecular flexibility index (Phi) is 6.15. The molecule has 4 rings (SSSR count). The molecule has 0 radical (unpaired) electrons. The van der Waals surface area contributed by atoms with Crippen LogP contribution in [-0.2, 0) is 0 Å². The number of tetrazole rings is 1. The Hall–Kier alpha value is -2.39. The molecule has 9 nitrogen and oxygen atoms in total. The number of nitro groups is 1. The van der Waals surface area contributed by atoms with Gasteiger partial charge in [-0.25, -0.2) is 4.68 Å². The van der Waals surface area contributed by atoms with Crippen LogP contribution in [0.5, 0.6) is 0 Å². The van der Waals surface area contributed by atoms with Crippen LogP contribution in [0.4, 0.5) is 5.69 Å². The minimum Gasteiger partial charge on any atom is -0.328 e. The summed E-state index contributed by atoms with van der Waals surface area (Å²) in [6.07, 6.45) is 9.67. The molecule has 0 aliphatic heterocycles. The van der Waals surface area contributed by atoms with Gasteiger partial charge in [0, 0.05) is 24.2 Å². The first-order chi connectivity index (χ1) is 14.1. The highest BCUT2D eigenvalue weighted by Gasteiger charge is 2.30. The van der Waals surface area contributed by atoms with E-state index in [0.717, 1.165) is 49.9 Å². The van der Waals surface area contributed by atoms with Crippen LogP contribution in [0.15, 0.2) is 24.3 Å². The highest BCUT2D eigenvalue weighted by Crippen LogP contribution is 2.32. The molecule has 2 fully saturated rings. The summed E-state index contributed by atoms with van der Waals surface area (Å²) in [5.74, 6) is 0.743. The maximum Gasteiger partial charge on any atom is 0.269 e. The summed E-state index contributed by atoms with van der Waals surface area (Å²) in [6, 6.07) is 7.35. The molecule has 1 aromatic carbocycles. The summed E-state index contributed by atoms with van der Waals surface area (Å²) in [5.41, 5.74) is 6.97. The molecular weight excluding hydrogens is 370 g/mol. The minimum absolute atomic E-state index is 0.0802. The molecule has 1 aromatic heterocycles. The Labute approximate surface area is 170 Å². The first kappa shape index (κ1) is 19.9. The predicted molar refractivity (Wildman–Crippen MR) is 108 cm³/mol. The van der Waals surface area contributed by atoms with Crippen molar-refractivity contribution in [2.24, 2.45) is 5.73 Å². The summed E-state index contributed by atoms with van der Waals surface area (Å²) in [5, 5.41) is 27.7. The van der Waals surface area contributed by atoms with E-state index in [1.165, 1.54) is 25.3 Å². The lowest BCUT2D eigenvalue weighted by molar-refractivity contribution is -0.384. The molecule has 2 aliphatic carbocycles. The van der Waals surface area contributed by atoms with Gasteiger partial charge in [-0.1, -0.05) is 31.4 Å². The molecule has 0 bridgehead atoms. The quantitative estimate of drug-likeness (QED) is 0.565. The maximum absolute atomic E-state index is 11.3. The highest BCUT2D eigenvalue weighted by atomic mass is 16.6. The lowest BCUT2D eigenvalue weighted by Crippen LogP contribution is -2.40. The van der Waals surface area contributed by atoms with Gasteiger partial charge in [0.05, 0.1) is 17.0 Å². The summed E-state index contributed by atoms with van der Waals surface area (Å²) in [4.78, 5) is 11.0. The van der Waals surface area contributed by atoms with Crippen molar-refractivity contribution in [3.05, 3.63) is 45.8 Å². The van der Waals surface area contributed by atoms with Crippen molar-refractivity contribution < 1.29 is 4.92 Å². The van der Waals surface area contributed by atoms with E-state index in [0.29, 0.717) is 0 Å². The molecule has 156 valence electrons. The van der Waals surface area contributed by atoms with E-state index in [1.54, 1.807) is 12.1 Å². The Morgan fingerprint density at radius 3 is 2.62 bits per heavy atom. The van der Waals surface area contributed by atoms with Gasteiger partial charge in [0.15, 0.2) is 5.82 Å². The molecule has 0 saturated heterocycles. The van der Waals surface area contributed by atoms with E-state index in [2.05, 4.69) is 20.8 Å². The number of hydrogen-bond acceptors (Lipinski definition) is 7. The number of benzene rings is 1. The average molecular weight is 399 g/mol. The smallest absolute Gasteiger partial charge is 0.269 e. The molecule has 0 spiro atoms. The van der Waals surface area contributed by atoms with Crippen LogP contribution in [0.3, 0.4) is 0 Å². The predicted octanol–water partition coefficient (Wildman–Crippen LogP) is 3.04. The van der Waals surface area contributed by atoms with E-state index in [1.807, 2.05) is 10.7 Å². The van der Waals surface area contributed by atoms with Gasteiger partial charge < -0.3 is 11.1 Å². The zero-order valence-corrected chi connectivity index (χ0v) is 16.6. The second kappa shape index (κ2) is 8.96. The van der Waals surface area contributed by atoms with Gasteiger partial charge in [0.25, 0.3) is 5.69 Å². The van der Waals surface area contributed by atoms with Crippen molar-refractivity contribution >= 4 is 5.69 Å². The summed E-state index contributed by atoms with van der Waals surface area (Å²) in [7, 11) is 0. The number of aromatic nitrogens is 4. The van der Waals surface area contributed by atoms with Crippen LogP contribution in [0, 0.1) is 10.1 Å². The maximum atomic E-state index is 11.3. The molecule has 0 amide bonds. The van der Waals surface area contributed by atoms with Crippen molar-refractivity contribution in [3.63, 3.8) is 0 Å². The lowest BCUT2D eigenvalue weighted by atomic mass is 9.90. The largest absolute Gasteiger partial charge is 0.328 e. The topological polar surface area (TPSA) is 125 Å².